The Hall–Kier alpha value is -2.71. The van der Waals surface area contributed by atoms with E-state index in [2.05, 4.69) is 0 Å². The molecule has 0 bridgehead atoms. The highest BCUT2D eigenvalue weighted by Crippen LogP contribution is 2.59. The predicted octanol–water partition coefficient (Wildman–Crippen LogP) is 6.14. The number of carbonyl (C=O) groups excluding carboxylic acids is 2. The third-order valence-corrected chi connectivity index (χ3v) is 10.0. The molecule has 6 nitrogen and oxygen atoms in total. The number of carboxylic acid groups (broad SMARTS) is 1. The van der Waals surface area contributed by atoms with E-state index in [1.54, 1.807) is 30.9 Å². The van der Waals surface area contributed by atoms with Crippen LogP contribution in [0.4, 0.5) is 0 Å². The zero-order valence-corrected chi connectivity index (χ0v) is 21.9. The smallest absolute Gasteiger partial charge is 0.330 e. The summed E-state index contributed by atoms with van der Waals surface area (Å²) in [5.41, 5.74) is 0.294. The Morgan fingerprint density at radius 3 is 2.09 bits per heavy atom. The molecule has 1 N–H and O–H groups in total. The number of aliphatic carboxylic acids is 1. The average molecular weight is 512 g/mol. The standard InChI is InChI=1S/C27H29NO5S2/c1-14-10-12-34-23(14)20-19(22(29)18-9-8-16(3)33-18)21(24-15(2)11-13-35-24)28(27(20,4)26(31)32)25(30)17-6-5-7-17/h8-13,17,19-21H,5-7H2,1-4H3,(H,31,32). The van der Waals surface area contributed by atoms with Crippen LogP contribution in [0.25, 0.3) is 0 Å². The number of hydrogen-bond acceptors (Lipinski definition) is 6. The van der Waals surface area contributed by atoms with Crippen molar-refractivity contribution in [3.8, 4) is 0 Å². The van der Waals surface area contributed by atoms with Crippen LogP contribution in [-0.4, -0.2) is 33.2 Å². The van der Waals surface area contributed by atoms with Gasteiger partial charge in [-0.3, -0.25) is 9.59 Å². The minimum Gasteiger partial charge on any atom is -0.479 e. The van der Waals surface area contributed by atoms with E-state index in [1.807, 2.05) is 36.7 Å². The molecule has 4 heterocycles. The number of aryl methyl sites for hydroxylation is 3. The summed E-state index contributed by atoms with van der Waals surface area (Å²) in [4.78, 5) is 44.7. The van der Waals surface area contributed by atoms with Crippen LogP contribution < -0.4 is 0 Å². The Balaban J connectivity index is 1.79. The molecule has 1 aliphatic carbocycles. The highest BCUT2D eigenvalue weighted by atomic mass is 32.1. The zero-order chi connectivity index (χ0) is 25.1. The fourth-order valence-corrected chi connectivity index (χ4v) is 7.96. The molecule has 4 unspecified atom stereocenters. The van der Waals surface area contributed by atoms with Gasteiger partial charge in [-0.15, -0.1) is 22.7 Å². The normalized spacial score (nSPS) is 26.6. The Morgan fingerprint density at radius 2 is 1.63 bits per heavy atom. The van der Waals surface area contributed by atoms with Gasteiger partial charge in [-0.2, -0.15) is 0 Å². The van der Waals surface area contributed by atoms with Crippen molar-refractivity contribution in [2.75, 3.05) is 0 Å². The van der Waals surface area contributed by atoms with Crippen LogP contribution >= 0.6 is 22.7 Å². The van der Waals surface area contributed by atoms with Gasteiger partial charge in [0, 0.05) is 21.6 Å². The van der Waals surface area contributed by atoms with Crippen molar-refractivity contribution in [2.45, 2.75) is 64.5 Å². The molecule has 8 heteroatoms. The number of carbonyl (C=O) groups is 3. The summed E-state index contributed by atoms with van der Waals surface area (Å²) in [6.07, 6.45) is 2.46. The fourth-order valence-electron chi connectivity index (χ4n) is 5.70. The van der Waals surface area contributed by atoms with Gasteiger partial charge in [-0.25, -0.2) is 4.79 Å². The second kappa shape index (κ2) is 8.75. The first kappa shape index (κ1) is 24.0. The van der Waals surface area contributed by atoms with Crippen LogP contribution in [0, 0.1) is 32.6 Å². The Morgan fingerprint density at radius 1 is 1.00 bits per heavy atom. The van der Waals surface area contributed by atoms with Crippen LogP contribution in [0.2, 0.25) is 0 Å². The molecule has 4 atom stereocenters. The molecular formula is C27H29NO5S2. The number of nitrogens with zero attached hydrogens (tertiary/aromatic N) is 1. The molecule has 1 saturated heterocycles. The molecule has 184 valence electrons. The number of carboxylic acids is 1. The lowest BCUT2D eigenvalue weighted by Gasteiger charge is -2.41. The third-order valence-electron chi connectivity index (χ3n) is 7.85. The first-order chi connectivity index (χ1) is 16.7. The van der Waals surface area contributed by atoms with E-state index in [0.717, 1.165) is 40.1 Å². The van der Waals surface area contributed by atoms with Gasteiger partial charge in [0.1, 0.15) is 11.3 Å². The van der Waals surface area contributed by atoms with Crippen molar-refractivity contribution in [1.82, 2.24) is 4.90 Å². The monoisotopic (exact) mass is 511 g/mol. The van der Waals surface area contributed by atoms with Crippen LogP contribution in [0.1, 0.15) is 75.3 Å². The van der Waals surface area contributed by atoms with E-state index in [9.17, 15) is 19.5 Å². The number of likely N-dealkylation sites (tertiary alicyclic amines) is 1. The average Bonchev–Trinajstić information content (AvgIpc) is 3.53. The summed E-state index contributed by atoms with van der Waals surface area (Å²) in [5.74, 6) is -2.41. The maximum atomic E-state index is 14.2. The lowest BCUT2D eigenvalue weighted by atomic mass is 9.75. The van der Waals surface area contributed by atoms with Crippen molar-refractivity contribution in [3.05, 3.63) is 67.4 Å². The second-order valence-electron chi connectivity index (χ2n) is 9.95. The first-order valence-corrected chi connectivity index (χ1v) is 13.7. The molecule has 0 radical (unpaired) electrons. The van der Waals surface area contributed by atoms with Crippen LogP contribution in [0.15, 0.2) is 39.4 Å². The minimum atomic E-state index is -1.59. The fraction of sp³-hybridized carbons (Fsp3) is 0.444. The summed E-state index contributed by atoms with van der Waals surface area (Å²) < 4.78 is 5.76. The molecular weight excluding hydrogens is 482 g/mol. The molecule has 3 aromatic heterocycles. The second-order valence-corrected chi connectivity index (χ2v) is 11.8. The van der Waals surface area contributed by atoms with Crippen LogP contribution in [-0.2, 0) is 9.59 Å². The Kier molecular flexibility index (Phi) is 6.00. The number of amides is 1. The molecule has 2 aliphatic rings. The largest absolute Gasteiger partial charge is 0.479 e. The number of furan rings is 1. The number of Topliss-reactive ketones (excluding diaryl/α,β-unsaturated/α-hetero) is 1. The number of hydrogen-bond donors (Lipinski definition) is 1. The predicted molar refractivity (Wildman–Crippen MR) is 135 cm³/mol. The highest BCUT2D eigenvalue weighted by molar-refractivity contribution is 7.10. The molecule has 0 aromatic carbocycles. The van der Waals surface area contributed by atoms with Crippen LogP contribution in [0.5, 0.6) is 0 Å². The van der Waals surface area contributed by atoms with E-state index < -0.39 is 29.4 Å². The van der Waals surface area contributed by atoms with Crippen molar-refractivity contribution in [2.24, 2.45) is 11.8 Å². The van der Waals surface area contributed by atoms with Gasteiger partial charge in [0.05, 0.1) is 12.0 Å². The molecule has 5 rings (SSSR count). The molecule has 0 spiro atoms. The lowest BCUT2D eigenvalue weighted by molar-refractivity contribution is -0.161. The lowest BCUT2D eigenvalue weighted by Crippen LogP contribution is -2.56. The SMILES string of the molecule is Cc1ccc(C(=O)C2C(c3sccc3C)N(C(=O)C3CCC3)C(C)(C(=O)O)C2c2sccc2C)o1. The molecule has 1 amide bonds. The van der Waals surface area contributed by atoms with Gasteiger partial charge in [-0.1, -0.05) is 6.42 Å². The van der Waals surface area contributed by atoms with Crippen molar-refractivity contribution in [3.63, 3.8) is 0 Å². The van der Waals surface area contributed by atoms with Crippen LogP contribution in [0.3, 0.4) is 0 Å². The minimum absolute atomic E-state index is 0.163. The summed E-state index contributed by atoms with van der Waals surface area (Å²) in [6, 6.07) is 6.62. The quantitative estimate of drug-likeness (QED) is 0.402. The molecule has 3 aromatic rings. The van der Waals surface area contributed by atoms with Gasteiger partial charge in [0.15, 0.2) is 5.76 Å². The summed E-state index contributed by atoms with van der Waals surface area (Å²) in [6.45, 7) is 7.31. The van der Waals surface area contributed by atoms with Crippen molar-refractivity contribution < 1.29 is 23.9 Å². The number of rotatable bonds is 6. The molecule has 1 aliphatic heterocycles. The molecule has 1 saturated carbocycles. The molecule has 2 fully saturated rings. The topological polar surface area (TPSA) is 87.8 Å². The van der Waals surface area contributed by atoms with Crippen molar-refractivity contribution in [1.29, 1.82) is 0 Å². The maximum absolute atomic E-state index is 14.2. The van der Waals surface area contributed by atoms with Gasteiger partial charge < -0.3 is 14.4 Å². The van der Waals surface area contributed by atoms with Gasteiger partial charge in [-0.05, 0) is 86.7 Å². The van der Waals surface area contributed by atoms with Crippen molar-refractivity contribution >= 4 is 40.3 Å². The summed E-state index contributed by atoms with van der Waals surface area (Å²) in [5, 5.41) is 14.6. The number of thiophene rings is 2. The maximum Gasteiger partial charge on any atom is 0.330 e. The summed E-state index contributed by atoms with van der Waals surface area (Å²) in [7, 11) is 0. The zero-order valence-electron chi connectivity index (χ0n) is 20.2. The van der Waals surface area contributed by atoms with E-state index in [4.69, 9.17) is 4.42 Å². The highest BCUT2D eigenvalue weighted by Gasteiger charge is 2.66. The van der Waals surface area contributed by atoms with Gasteiger partial charge in [0.25, 0.3) is 0 Å². The van der Waals surface area contributed by atoms with E-state index >= 15 is 0 Å². The van der Waals surface area contributed by atoms with E-state index in [1.165, 1.54) is 22.7 Å². The number of ketones is 1. The van der Waals surface area contributed by atoms with E-state index in [0.29, 0.717) is 5.76 Å². The summed E-state index contributed by atoms with van der Waals surface area (Å²) >= 11 is 2.93. The van der Waals surface area contributed by atoms with E-state index in [-0.39, 0.29) is 23.4 Å². The molecule has 35 heavy (non-hydrogen) atoms. The van der Waals surface area contributed by atoms with Gasteiger partial charge in [0.2, 0.25) is 11.7 Å². The Labute approximate surface area is 212 Å². The Bertz CT molecular complexity index is 1300. The van der Waals surface area contributed by atoms with Gasteiger partial charge >= 0.3 is 5.97 Å². The first-order valence-electron chi connectivity index (χ1n) is 11.9. The third kappa shape index (κ3) is 3.61.